The molecule has 0 radical (unpaired) electrons. The van der Waals surface area contributed by atoms with Crippen molar-refractivity contribution < 1.29 is 9.84 Å². The van der Waals surface area contributed by atoms with Gasteiger partial charge < -0.3 is 9.84 Å². The van der Waals surface area contributed by atoms with Gasteiger partial charge in [-0.3, -0.25) is 0 Å². The van der Waals surface area contributed by atoms with Gasteiger partial charge in [-0.1, -0.05) is 58.3 Å². The van der Waals surface area contributed by atoms with E-state index in [0.717, 1.165) is 6.42 Å². The number of ether oxygens (including phenoxy) is 1. The topological polar surface area (TPSA) is 29.5 Å². The predicted octanol–water partition coefficient (Wildman–Crippen LogP) is 3.87. The molecule has 1 unspecified atom stereocenters. The van der Waals surface area contributed by atoms with Crippen LogP contribution in [0.15, 0.2) is 0 Å². The molecule has 0 aliphatic heterocycles. The van der Waals surface area contributed by atoms with Gasteiger partial charge in [0.2, 0.25) is 0 Å². The average molecular weight is 216 g/mol. The maximum atomic E-state index is 8.85. The SMILES string of the molecule is CCCCCCCCCCCOC(C)O. The van der Waals surface area contributed by atoms with Gasteiger partial charge in [0.05, 0.1) is 0 Å². The lowest BCUT2D eigenvalue weighted by Crippen LogP contribution is -2.06. The summed E-state index contributed by atoms with van der Waals surface area (Å²) in [6.07, 6.45) is 11.3. The molecule has 92 valence electrons. The summed E-state index contributed by atoms with van der Waals surface area (Å²) in [7, 11) is 0. The molecule has 0 spiro atoms. The van der Waals surface area contributed by atoms with Crippen LogP contribution in [0.3, 0.4) is 0 Å². The highest BCUT2D eigenvalue weighted by Gasteiger charge is 1.95. The Balaban J connectivity index is 2.87. The van der Waals surface area contributed by atoms with E-state index in [4.69, 9.17) is 9.84 Å². The van der Waals surface area contributed by atoms with E-state index in [1.54, 1.807) is 6.92 Å². The summed E-state index contributed by atoms with van der Waals surface area (Å²) in [6, 6.07) is 0. The van der Waals surface area contributed by atoms with Gasteiger partial charge in [-0.05, 0) is 13.3 Å². The second-order valence-electron chi connectivity index (χ2n) is 4.30. The molecule has 0 bridgehead atoms. The summed E-state index contributed by atoms with van der Waals surface area (Å²) in [6.45, 7) is 4.61. The maximum Gasteiger partial charge on any atom is 0.151 e. The van der Waals surface area contributed by atoms with E-state index in [1.165, 1.54) is 51.4 Å². The van der Waals surface area contributed by atoms with Gasteiger partial charge in [0, 0.05) is 6.61 Å². The fraction of sp³-hybridized carbons (Fsp3) is 1.00. The Bertz CT molecular complexity index is 113. The predicted molar refractivity (Wildman–Crippen MR) is 64.9 cm³/mol. The van der Waals surface area contributed by atoms with Crippen molar-refractivity contribution in [3.63, 3.8) is 0 Å². The molecule has 0 aliphatic carbocycles. The molecule has 0 aromatic carbocycles. The molecule has 1 atom stereocenters. The number of rotatable bonds is 11. The second-order valence-corrected chi connectivity index (χ2v) is 4.30. The van der Waals surface area contributed by atoms with E-state index in [0.29, 0.717) is 6.61 Å². The quantitative estimate of drug-likeness (QED) is 0.419. The standard InChI is InChI=1S/C13H28O2/c1-3-4-5-6-7-8-9-10-11-12-15-13(2)14/h13-14H,3-12H2,1-2H3. The average Bonchev–Trinajstić information content (AvgIpc) is 2.20. The molecule has 0 rings (SSSR count). The molecule has 2 nitrogen and oxygen atoms in total. The molecule has 0 aromatic heterocycles. The zero-order valence-electron chi connectivity index (χ0n) is 10.5. The first kappa shape index (κ1) is 14.9. The van der Waals surface area contributed by atoms with Gasteiger partial charge >= 0.3 is 0 Å². The van der Waals surface area contributed by atoms with Crippen molar-refractivity contribution in [1.29, 1.82) is 0 Å². The van der Waals surface area contributed by atoms with Gasteiger partial charge in [-0.2, -0.15) is 0 Å². The monoisotopic (exact) mass is 216 g/mol. The fourth-order valence-corrected chi connectivity index (χ4v) is 1.67. The maximum absolute atomic E-state index is 8.85. The van der Waals surface area contributed by atoms with Gasteiger partial charge in [-0.15, -0.1) is 0 Å². The summed E-state index contributed by atoms with van der Waals surface area (Å²) in [4.78, 5) is 0. The minimum atomic E-state index is -0.598. The van der Waals surface area contributed by atoms with E-state index in [-0.39, 0.29) is 0 Å². The van der Waals surface area contributed by atoms with Crippen molar-refractivity contribution in [2.24, 2.45) is 0 Å². The number of hydrogen-bond acceptors (Lipinski definition) is 2. The molecule has 0 heterocycles. The van der Waals surface area contributed by atoms with Gasteiger partial charge in [0.15, 0.2) is 6.29 Å². The van der Waals surface area contributed by atoms with Gasteiger partial charge in [-0.25, -0.2) is 0 Å². The molecular weight excluding hydrogens is 188 g/mol. The van der Waals surface area contributed by atoms with Crippen molar-refractivity contribution >= 4 is 0 Å². The van der Waals surface area contributed by atoms with Crippen molar-refractivity contribution in [3.8, 4) is 0 Å². The normalized spacial score (nSPS) is 13.0. The van der Waals surface area contributed by atoms with Crippen LogP contribution in [-0.2, 0) is 4.74 Å². The Morgan fingerprint density at radius 1 is 0.867 bits per heavy atom. The third-order valence-corrected chi connectivity index (χ3v) is 2.61. The van der Waals surface area contributed by atoms with Crippen molar-refractivity contribution in [3.05, 3.63) is 0 Å². The highest BCUT2D eigenvalue weighted by Crippen LogP contribution is 2.09. The summed E-state index contributed by atoms with van der Waals surface area (Å²) in [5.74, 6) is 0. The molecule has 0 saturated carbocycles. The third kappa shape index (κ3) is 13.9. The van der Waals surface area contributed by atoms with Crippen LogP contribution in [0.1, 0.15) is 71.6 Å². The fourth-order valence-electron chi connectivity index (χ4n) is 1.67. The first-order chi connectivity index (χ1) is 7.27. The Hall–Kier alpha value is -0.0800. The lowest BCUT2D eigenvalue weighted by atomic mass is 10.1. The van der Waals surface area contributed by atoms with Crippen LogP contribution < -0.4 is 0 Å². The molecule has 1 N–H and O–H groups in total. The van der Waals surface area contributed by atoms with Crippen molar-refractivity contribution in [2.45, 2.75) is 77.9 Å². The van der Waals surface area contributed by atoms with Crippen molar-refractivity contribution in [2.75, 3.05) is 6.61 Å². The van der Waals surface area contributed by atoms with Crippen LogP contribution >= 0.6 is 0 Å². The molecule has 0 fully saturated rings. The molecule has 2 heteroatoms. The molecular formula is C13H28O2. The Kier molecular flexibility index (Phi) is 11.9. The van der Waals surface area contributed by atoms with Gasteiger partial charge in [0.1, 0.15) is 0 Å². The smallest absolute Gasteiger partial charge is 0.151 e. The number of hydrogen-bond donors (Lipinski definition) is 1. The summed E-state index contributed by atoms with van der Waals surface area (Å²) in [5, 5.41) is 8.85. The number of aliphatic hydroxyl groups excluding tert-OH is 1. The van der Waals surface area contributed by atoms with E-state index in [9.17, 15) is 0 Å². The third-order valence-electron chi connectivity index (χ3n) is 2.61. The van der Waals surface area contributed by atoms with E-state index >= 15 is 0 Å². The minimum absolute atomic E-state index is 0.598. The molecule has 0 amide bonds. The van der Waals surface area contributed by atoms with Crippen LogP contribution in [0.5, 0.6) is 0 Å². The number of unbranched alkanes of at least 4 members (excludes halogenated alkanes) is 8. The van der Waals surface area contributed by atoms with E-state index in [1.807, 2.05) is 0 Å². The first-order valence-electron chi connectivity index (χ1n) is 6.57. The van der Waals surface area contributed by atoms with Crippen LogP contribution in [-0.4, -0.2) is 18.0 Å². The van der Waals surface area contributed by atoms with E-state index < -0.39 is 6.29 Å². The zero-order chi connectivity index (χ0) is 11.4. The molecule has 0 aliphatic rings. The number of aliphatic hydroxyl groups is 1. The second kappa shape index (κ2) is 12.0. The largest absolute Gasteiger partial charge is 0.368 e. The Morgan fingerprint density at radius 2 is 1.33 bits per heavy atom. The Morgan fingerprint density at radius 3 is 1.80 bits per heavy atom. The highest BCUT2D eigenvalue weighted by molar-refractivity contribution is 4.46. The lowest BCUT2D eigenvalue weighted by molar-refractivity contribution is -0.0859. The van der Waals surface area contributed by atoms with E-state index in [2.05, 4.69) is 6.92 Å². The lowest BCUT2D eigenvalue weighted by Gasteiger charge is -2.06. The summed E-state index contributed by atoms with van der Waals surface area (Å²) >= 11 is 0. The molecule has 0 aromatic rings. The van der Waals surface area contributed by atoms with Crippen LogP contribution in [0.25, 0.3) is 0 Å². The minimum Gasteiger partial charge on any atom is -0.368 e. The Labute approximate surface area is 95.0 Å². The molecule has 0 saturated heterocycles. The van der Waals surface area contributed by atoms with Gasteiger partial charge in [0.25, 0.3) is 0 Å². The van der Waals surface area contributed by atoms with Crippen molar-refractivity contribution in [1.82, 2.24) is 0 Å². The first-order valence-corrected chi connectivity index (χ1v) is 6.57. The van der Waals surface area contributed by atoms with Crippen LogP contribution in [0, 0.1) is 0 Å². The highest BCUT2D eigenvalue weighted by atomic mass is 16.6. The van der Waals surface area contributed by atoms with Crippen LogP contribution in [0.2, 0.25) is 0 Å². The summed E-state index contributed by atoms with van der Waals surface area (Å²) in [5.41, 5.74) is 0. The van der Waals surface area contributed by atoms with Crippen LogP contribution in [0.4, 0.5) is 0 Å². The zero-order valence-corrected chi connectivity index (χ0v) is 10.5. The summed E-state index contributed by atoms with van der Waals surface area (Å²) < 4.78 is 5.06. The molecule has 15 heavy (non-hydrogen) atoms.